The van der Waals surface area contributed by atoms with E-state index < -0.39 is 0 Å². The smallest absolute Gasteiger partial charge is 0.118 e. The second kappa shape index (κ2) is 2.47. The highest BCUT2D eigenvalue weighted by Crippen LogP contribution is 2.21. The second-order valence-electron chi connectivity index (χ2n) is 2.06. The van der Waals surface area contributed by atoms with Crippen LogP contribution in [0.1, 0.15) is 5.56 Å². The van der Waals surface area contributed by atoms with Crippen LogP contribution in [0.2, 0.25) is 0 Å². The third-order valence-electron chi connectivity index (χ3n) is 1.29. The van der Waals surface area contributed by atoms with Crippen molar-refractivity contribution in [2.75, 3.05) is 0 Å². The number of hydrogen-bond donors (Lipinski definition) is 1. The van der Waals surface area contributed by atoms with Crippen LogP contribution >= 0.6 is 0 Å². The molecule has 1 N–H and O–H groups in total. The SMILES string of the molecule is Cc1cc(N=O)ccc1O. The molecular weight excluding hydrogens is 130 g/mol. The summed E-state index contributed by atoms with van der Waals surface area (Å²) in [7, 11) is 0. The Morgan fingerprint density at radius 2 is 2.20 bits per heavy atom. The minimum Gasteiger partial charge on any atom is -0.508 e. The normalized spacial score (nSPS) is 9.30. The molecule has 0 fully saturated rings. The van der Waals surface area contributed by atoms with Crippen molar-refractivity contribution in [3.8, 4) is 5.75 Å². The lowest BCUT2D eigenvalue weighted by molar-refractivity contribution is 0.471. The fourth-order valence-electron chi connectivity index (χ4n) is 0.696. The van der Waals surface area contributed by atoms with Crippen molar-refractivity contribution in [3.05, 3.63) is 28.7 Å². The minimum atomic E-state index is 0.187. The molecule has 3 heteroatoms. The average molecular weight is 137 g/mol. The van der Waals surface area contributed by atoms with Crippen LogP contribution in [-0.2, 0) is 0 Å². The van der Waals surface area contributed by atoms with E-state index >= 15 is 0 Å². The zero-order valence-electron chi connectivity index (χ0n) is 5.53. The fourth-order valence-corrected chi connectivity index (χ4v) is 0.696. The summed E-state index contributed by atoms with van der Waals surface area (Å²) in [4.78, 5) is 9.94. The van der Waals surface area contributed by atoms with Crippen molar-refractivity contribution in [2.24, 2.45) is 5.18 Å². The zero-order valence-corrected chi connectivity index (χ0v) is 5.53. The molecule has 0 spiro atoms. The van der Waals surface area contributed by atoms with E-state index in [1.54, 1.807) is 6.92 Å². The number of phenols is 1. The number of phenolic OH excluding ortho intramolecular Hbond substituents is 1. The van der Waals surface area contributed by atoms with Crippen molar-refractivity contribution in [1.29, 1.82) is 0 Å². The van der Waals surface area contributed by atoms with Gasteiger partial charge in [-0.05, 0) is 35.9 Å². The van der Waals surface area contributed by atoms with Crippen molar-refractivity contribution in [3.63, 3.8) is 0 Å². The van der Waals surface area contributed by atoms with E-state index in [1.807, 2.05) is 0 Å². The summed E-state index contributed by atoms with van der Waals surface area (Å²) in [5.74, 6) is 0.187. The van der Waals surface area contributed by atoms with Crippen LogP contribution in [0.25, 0.3) is 0 Å². The van der Waals surface area contributed by atoms with Gasteiger partial charge in [0.1, 0.15) is 11.4 Å². The molecule has 0 atom stereocenters. The van der Waals surface area contributed by atoms with Crippen LogP contribution in [0, 0.1) is 11.8 Å². The molecule has 1 rings (SSSR count). The Morgan fingerprint density at radius 1 is 1.50 bits per heavy atom. The number of nitroso groups, excluding NO2 is 1. The predicted molar refractivity (Wildman–Crippen MR) is 38.3 cm³/mol. The lowest BCUT2D eigenvalue weighted by Gasteiger charge is -1.95. The molecule has 0 heterocycles. The van der Waals surface area contributed by atoms with Gasteiger partial charge in [0.25, 0.3) is 0 Å². The summed E-state index contributed by atoms with van der Waals surface area (Å²) in [5.41, 5.74) is 1.01. The molecule has 0 amide bonds. The van der Waals surface area contributed by atoms with E-state index in [9.17, 15) is 4.91 Å². The maximum absolute atomic E-state index is 9.94. The van der Waals surface area contributed by atoms with Gasteiger partial charge < -0.3 is 5.11 Å². The molecule has 0 aliphatic heterocycles. The summed E-state index contributed by atoms with van der Waals surface area (Å²) in [5, 5.41) is 11.7. The number of aromatic hydroxyl groups is 1. The molecule has 0 saturated carbocycles. The lowest BCUT2D eigenvalue weighted by atomic mass is 10.2. The van der Waals surface area contributed by atoms with E-state index in [-0.39, 0.29) is 5.75 Å². The van der Waals surface area contributed by atoms with Gasteiger partial charge in [-0.3, -0.25) is 0 Å². The highest BCUT2D eigenvalue weighted by atomic mass is 16.3. The highest BCUT2D eigenvalue weighted by molar-refractivity contribution is 5.45. The average Bonchev–Trinajstić information content (AvgIpc) is 1.95. The van der Waals surface area contributed by atoms with Gasteiger partial charge in [0.05, 0.1) is 0 Å². The first-order chi connectivity index (χ1) is 4.74. The quantitative estimate of drug-likeness (QED) is 0.602. The standard InChI is InChI=1S/C7H7NO2/c1-5-4-6(8-10)2-3-7(5)9/h2-4,9H,1H3. The van der Waals surface area contributed by atoms with E-state index in [2.05, 4.69) is 5.18 Å². The molecule has 10 heavy (non-hydrogen) atoms. The maximum atomic E-state index is 9.94. The van der Waals surface area contributed by atoms with Gasteiger partial charge in [-0.2, -0.15) is 0 Å². The van der Waals surface area contributed by atoms with Crippen LogP contribution in [0.4, 0.5) is 5.69 Å². The molecule has 3 nitrogen and oxygen atoms in total. The van der Waals surface area contributed by atoms with Crippen LogP contribution < -0.4 is 0 Å². The van der Waals surface area contributed by atoms with Gasteiger partial charge in [0.2, 0.25) is 0 Å². The number of benzene rings is 1. The monoisotopic (exact) mass is 137 g/mol. The molecule has 0 aromatic heterocycles. The molecule has 0 aliphatic rings. The Morgan fingerprint density at radius 3 is 2.70 bits per heavy atom. The van der Waals surface area contributed by atoms with Crippen molar-refractivity contribution in [2.45, 2.75) is 6.92 Å². The molecule has 52 valence electrons. The first-order valence-electron chi connectivity index (χ1n) is 2.87. The predicted octanol–water partition coefficient (Wildman–Crippen LogP) is 2.10. The third-order valence-corrected chi connectivity index (χ3v) is 1.29. The van der Waals surface area contributed by atoms with Gasteiger partial charge >= 0.3 is 0 Å². The van der Waals surface area contributed by atoms with Crippen LogP contribution in [0.15, 0.2) is 23.4 Å². The van der Waals surface area contributed by atoms with Crippen molar-refractivity contribution < 1.29 is 5.11 Å². The number of hydrogen-bond acceptors (Lipinski definition) is 3. The van der Waals surface area contributed by atoms with E-state index in [1.165, 1.54) is 18.2 Å². The van der Waals surface area contributed by atoms with Gasteiger partial charge in [-0.25, -0.2) is 0 Å². The summed E-state index contributed by atoms with van der Waals surface area (Å²) >= 11 is 0. The Labute approximate surface area is 58.3 Å². The van der Waals surface area contributed by atoms with Crippen LogP contribution in [0.3, 0.4) is 0 Å². The molecule has 1 aromatic rings. The van der Waals surface area contributed by atoms with Crippen molar-refractivity contribution in [1.82, 2.24) is 0 Å². The fraction of sp³-hybridized carbons (Fsp3) is 0.143. The zero-order chi connectivity index (χ0) is 7.56. The first kappa shape index (κ1) is 6.74. The van der Waals surface area contributed by atoms with Gasteiger partial charge in [0, 0.05) is 0 Å². The van der Waals surface area contributed by atoms with Crippen LogP contribution in [0.5, 0.6) is 5.75 Å². The number of aryl methyl sites for hydroxylation is 1. The number of rotatable bonds is 1. The minimum absolute atomic E-state index is 0.187. The molecule has 0 aliphatic carbocycles. The largest absolute Gasteiger partial charge is 0.508 e. The lowest BCUT2D eigenvalue weighted by Crippen LogP contribution is -1.71. The maximum Gasteiger partial charge on any atom is 0.118 e. The molecule has 1 aromatic carbocycles. The molecular formula is C7H7NO2. The molecule has 0 saturated heterocycles. The third kappa shape index (κ3) is 1.13. The summed E-state index contributed by atoms with van der Waals surface area (Å²) in [6.07, 6.45) is 0. The Kier molecular flexibility index (Phi) is 1.67. The summed E-state index contributed by atoms with van der Waals surface area (Å²) < 4.78 is 0. The Hall–Kier alpha value is -1.38. The second-order valence-corrected chi connectivity index (χ2v) is 2.06. The topological polar surface area (TPSA) is 49.7 Å². The Bertz CT molecular complexity index is 258. The van der Waals surface area contributed by atoms with Gasteiger partial charge in [0.15, 0.2) is 0 Å². The van der Waals surface area contributed by atoms with Crippen molar-refractivity contribution >= 4 is 5.69 Å². The summed E-state index contributed by atoms with van der Waals surface area (Å²) in [6.45, 7) is 1.71. The van der Waals surface area contributed by atoms with Gasteiger partial charge in [-0.15, -0.1) is 4.91 Å². The highest BCUT2D eigenvalue weighted by Gasteiger charge is 1.95. The van der Waals surface area contributed by atoms with Gasteiger partial charge in [-0.1, -0.05) is 0 Å². The molecule has 0 radical (unpaired) electrons. The number of nitrogens with zero attached hydrogens (tertiary/aromatic N) is 1. The first-order valence-corrected chi connectivity index (χ1v) is 2.87. The Balaban J connectivity index is 3.16. The molecule has 0 bridgehead atoms. The van der Waals surface area contributed by atoms with E-state index in [0.29, 0.717) is 11.3 Å². The van der Waals surface area contributed by atoms with E-state index in [4.69, 9.17) is 5.11 Å². The summed E-state index contributed by atoms with van der Waals surface area (Å²) in [6, 6.07) is 4.45. The van der Waals surface area contributed by atoms with Crippen LogP contribution in [-0.4, -0.2) is 5.11 Å². The molecule has 0 unspecified atom stereocenters. The van der Waals surface area contributed by atoms with E-state index in [0.717, 1.165) is 0 Å².